The van der Waals surface area contributed by atoms with Crippen molar-refractivity contribution in [2.75, 3.05) is 0 Å². The van der Waals surface area contributed by atoms with Crippen LogP contribution in [0.15, 0.2) is 40.9 Å². The number of hydrogen-bond donors (Lipinski definition) is 1. The number of aromatic carboxylic acids is 1. The van der Waals surface area contributed by atoms with E-state index in [2.05, 4.69) is 15.9 Å². The quantitative estimate of drug-likeness (QED) is 0.865. The minimum absolute atomic E-state index is 0.151. The van der Waals surface area contributed by atoms with Gasteiger partial charge in [-0.15, -0.1) is 0 Å². The van der Waals surface area contributed by atoms with E-state index >= 15 is 0 Å². The van der Waals surface area contributed by atoms with Gasteiger partial charge in [0.05, 0.1) is 0 Å². The summed E-state index contributed by atoms with van der Waals surface area (Å²) >= 11 is 9.44. The number of benzene rings is 2. The van der Waals surface area contributed by atoms with Crippen LogP contribution in [0.2, 0.25) is 5.02 Å². The lowest BCUT2D eigenvalue weighted by atomic mass is 10.1. The zero-order valence-corrected chi connectivity index (χ0v) is 13.0. The molecule has 1 N–H and O–H groups in total. The van der Waals surface area contributed by atoms with E-state index in [1.165, 1.54) is 6.07 Å². The van der Waals surface area contributed by atoms with Crippen molar-refractivity contribution in [2.45, 2.75) is 13.5 Å². The van der Waals surface area contributed by atoms with E-state index in [1.54, 1.807) is 12.1 Å². The Kier molecular flexibility index (Phi) is 4.68. The maximum atomic E-state index is 11.2. The van der Waals surface area contributed by atoms with Crippen LogP contribution in [0.25, 0.3) is 0 Å². The molecule has 0 unspecified atom stereocenters. The summed E-state index contributed by atoms with van der Waals surface area (Å²) in [6.07, 6.45) is 0. The molecule has 5 heteroatoms. The fraction of sp³-hybridized carbons (Fsp3) is 0.133. The number of halogens is 2. The fourth-order valence-corrected chi connectivity index (χ4v) is 2.53. The van der Waals surface area contributed by atoms with Gasteiger partial charge in [-0.2, -0.15) is 0 Å². The summed E-state index contributed by atoms with van der Waals surface area (Å²) in [5.41, 5.74) is 1.73. The van der Waals surface area contributed by atoms with E-state index < -0.39 is 5.97 Å². The molecule has 0 saturated carbocycles. The number of carbonyl (C=O) groups is 1. The molecule has 0 bridgehead atoms. The predicted molar refractivity (Wildman–Crippen MR) is 81.6 cm³/mol. The average Bonchev–Trinajstić information content (AvgIpc) is 2.38. The third kappa shape index (κ3) is 3.32. The molecule has 0 radical (unpaired) electrons. The van der Waals surface area contributed by atoms with Gasteiger partial charge in [0.1, 0.15) is 17.9 Å². The molecule has 0 spiro atoms. The van der Waals surface area contributed by atoms with E-state index in [9.17, 15) is 4.79 Å². The monoisotopic (exact) mass is 354 g/mol. The molecule has 0 aromatic heterocycles. The molecule has 2 aromatic rings. The van der Waals surface area contributed by atoms with Crippen LogP contribution in [0.4, 0.5) is 0 Å². The lowest BCUT2D eigenvalue weighted by molar-refractivity contribution is 0.0691. The van der Waals surface area contributed by atoms with Crippen LogP contribution in [0.3, 0.4) is 0 Å². The highest BCUT2D eigenvalue weighted by Crippen LogP contribution is 2.27. The normalized spacial score (nSPS) is 10.3. The standard InChI is InChI=1S/C15H12BrClO3/c1-9-3-2-4-12(15(18)19)14(9)20-8-10-5-6-11(16)7-13(10)17/h2-7H,8H2,1H3,(H,18,19). The largest absolute Gasteiger partial charge is 0.488 e. The van der Waals surface area contributed by atoms with Crippen molar-refractivity contribution in [3.8, 4) is 5.75 Å². The van der Waals surface area contributed by atoms with Crippen LogP contribution in [0.5, 0.6) is 5.75 Å². The van der Waals surface area contributed by atoms with Gasteiger partial charge in [-0.25, -0.2) is 4.79 Å². The number of para-hydroxylation sites is 1. The van der Waals surface area contributed by atoms with Gasteiger partial charge < -0.3 is 9.84 Å². The van der Waals surface area contributed by atoms with E-state index in [1.807, 2.05) is 25.1 Å². The summed E-state index contributed by atoms with van der Waals surface area (Å²) in [6, 6.07) is 10.5. The fourth-order valence-electron chi connectivity index (χ4n) is 1.80. The molecule has 0 heterocycles. The maximum absolute atomic E-state index is 11.2. The molecule has 0 aliphatic rings. The first-order chi connectivity index (χ1) is 9.49. The molecule has 2 rings (SSSR count). The van der Waals surface area contributed by atoms with Crippen molar-refractivity contribution >= 4 is 33.5 Å². The summed E-state index contributed by atoms with van der Waals surface area (Å²) in [7, 11) is 0. The number of ether oxygens (including phenoxy) is 1. The Morgan fingerprint density at radius 1 is 1.35 bits per heavy atom. The molecule has 0 aliphatic heterocycles. The van der Waals surface area contributed by atoms with Gasteiger partial charge in [-0.3, -0.25) is 0 Å². The summed E-state index contributed by atoms with van der Waals surface area (Å²) in [5, 5.41) is 9.74. The van der Waals surface area contributed by atoms with Crippen LogP contribution in [0, 0.1) is 6.92 Å². The lowest BCUT2D eigenvalue weighted by Gasteiger charge is -2.12. The first-order valence-electron chi connectivity index (χ1n) is 5.88. The van der Waals surface area contributed by atoms with Gasteiger partial charge in [-0.05, 0) is 30.7 Å². The second-order valence-electron chi connectivity index (χ2n) is 4.28. The van der Waals surface area contributed by atoms with Crippen molar-refractivity contribution in [1.29, 1.82) is 0 Å². The third-order valence-corrected chi connectivity index (χ3v) is 3.67. The minimum atomic E-state index is -1.01. The van der Waals surface area contributed by atoms with Crippen LogP contribution in [-0.2, 0) is 6.61 Å². The topological polar surface area (TPSA) is 46.5 Å². The van der Waals surface area contributed by atoms with Crippen molar-refractivity contribution in [3.05, 3.63) is 62.6 Å². The average molecular weight is 356 g/mol. The van der Waals surface area contributed by atoms with Crippen molar-refractivity contribution in [3.63, 3.8) is 0 Å². The summed E-state index contributed by atoms with van der Waals surface area (Å²) in [6.45, 7) is 2.03. The van der Waals surface area contributed by atoms with Gasteiger partial charge in [0, 0.05) is 15.1 Å². The molecule has 0 amide bonds. The zero-order chi connectivity index (χ0) is 14.7. The van der Waals surface area contributed by atoms with Crippen LogP contribution in [-0.4, -0.2) is 11.1 Å². The Balaban J connectivity index is 2.25. The van der Waals surface area contributed by atoms with E-state index in [0.717, 1.165) is 15.6 Å². The molecule has 0 saturated heterocycles. The Morgan fingerprint density at radius 2 is 2.10 bits per heavy atom. The van der Waals surface area contributed by atoms with Crippen molar-refractivity contribution in [1.82, 2.24) is 0 Å². The zero-order valence-electron chi connectivity index (χ0n) is 10.7. The lowest BCUT2D eigenvalue weighted by Crippen LogP contribution is -2.05. The molecule has 20 heavy (non-hydrogen) atoms. The maximum Gasteiger partial charge on any atom is 0.339 e. The number of aryl methyl sites for hydroxylation is 1. The van der Waals surface area contributed by atoms with Crippen LogP contribution < -0.4 is 4.74 Å². The van der Waals surface area contributed by atoms with Gasteiger partial charge in [0.15, 0.2) is 0 Å². The third-order valence-electron chi connectivity index (χ3n) is 2.83. The first kappa shape index (κ1) is 14.9. The molecule has 0 aliphatic carbocycles. The summed E-state index contributed by atoms with van der Waals surface area (Å²) < 4.78 is 6.54. The predicted octanol–water partition coefficient (Wildman–Crippen LogP) is 4.69. The minimum Gasteiger partial charge on any atom is -0.488 e. The Labute approximate surface area is 130 Å². The summed E-state index contributed by atoms with van der Waals surface area (Å²) in [5.74, 6) is -0.635. The second-order valence-corrected chi connectivity index (χ2v) is 5.60. The first-order valence-corrected chi connectivity index (χ1v) is 7.06. The molecular formula is C15H12BrClO3. The van der Waals surface area contributed by atoms with E-state index in [0.29, 0.717) is 10.8 Å². The van der Waals surface area contributed by atoms with Crippen LogP contribution >= 0.6 is 27.5 Å². The van der Waals surface area contributed by atoms with Gasteiger partial charge in [0.25, 0.3) is 0 Å². The number of hydrogen-bond acceptors (Lipinski definition) is 2. The second kappa shape index (κ2) is 6.29. The molecule has 0 atom stereocenters. The highest BCUT2D eigenvalue weighted by atomic mass is 79.9. The Hall–Kier alpha value is -1.52. The van der Waals surface area contributed by atoms with Gasteiger partial charge in [0.2, 0.25) is 0 Å². The molecule has 0 fully saturated rings. The summed E-state index contributed by atoms with van der Waals surface area (Å²) in [4.78, 5) is 11.2. The van der Waals surface area contributed by atoms with Crippen LogP contribution in [0.1, 0.15) is 21.5 Å². The van der Waals surface area contributed by atoms with E-state index in [-0.39, 0.29) is 12.2 Å². The van der Waals surface area contributed by atoms with Gasteiger partial charge in [-0.1, -0.05) is 45.7 Å². The van der Waals surface area contributed by atoms with E-state index in [4.69, 9.17) is 21.4 Å². The highest BCUT2D eigenvalue weighted by Gasteiger charge is 2.14. The number of carboxylic acids is 1. The van der Waals surface area contributed by atoms with Crippen molar-refractivity contribution in [2.24, 2.45) is 0 Å². The molecule has 104 valence electrons. The Bertz CT molecular complexity index is 656. The number of rotatable bonds is 4. The molecule has 2 aromatic carbocycles. The Morgan fingerprint density at radius 3 is 2.75 bits per heavy atom. The van der Waals surface area contributed by atoms with Gasteiger partial charge >= 0.3 is 5.97 Å². The molecule has 3 nitrogen and oxygen atoms in total. The van der Waals surface area contributed by atoms with Crippen molar-refractivity contribution < 1.29 is 14.6 Å². The SMILES string of the molecule is Cc1cccc(C(=O)O)c1OCc1ccc(Br)cc1Cl. The molecular weight excluding hydrogens is 344 g/mol. The smallest absolute Gasteiger partial charge is 0.339 e. The highest BCUT2D eigenvalue weighted by molar-refractivity contribution is 9.10. The number of carboxylic acid groups (broad SMARTS) is 1.